The molecule has 1 aliphatic heterocycles. The van der Waals surface area contributed by atoms with Crippen LogP contribution in [0.25, 0.3) is 6.08 Å². The molecule has 7 nitrogen and oxygen atoms in total. The molecular formula is C27H25N3O4S. The van der Waals surface area contributed by atoms with E-state index in [-0.39, 0.29) is 5.57 Å². The zero-order chi connectivity index (χ0) is 24.9. The van der Waals surface area contributed by atoms with E-state index in [2.05, 4.69) is 4.57 Å². The van der Waals surface area contributed by atoms with Crippen LogP contribution in [-0.4, -0.2) is 36.8 Å². The van der Waals surface area contributed by atoms with Gasteiger partial charge in [0.2, 0.25) is 0 Å². The fraction of sp³-hybridized carbons (Fsp3) is 0.222. The van der Waals surface area contributed by atoms with Gasteiger partial charge in [0.15, 0.2) is 6.61 Å². The van der Waals surface area contributed by atoms with Crippen LogP contribution >= 0.6 is 11.8 Å². The van der Waals surface area contributed by atoms with Gasteiger partial charge in [0.05, 0.1) is 18.0 Å². The summed E-state index contributed by atoms with van der Waals surface area (Å²) >= 11 is 1.58. The number of ether oxygens (including phenoxy) is 2. The van der Waals surface area contributed by atoms with Crippen molar-refractivity contribution in [3.8, 4) is 6.07 Å². The number of hydrogen-bond donors (Lipinski definition) is 0. The van der Waals surface area contributed by atoms with Crippen molar-refractivity contribution in [1.82, 2.24) is 4.57 Å². The molecule has 1 aliphatic rings. The van der Waals surface area contributed by atoms with Crippen LogP contribution in [0.2, 0.25) is 0 Å². The van der Waals surface area contributed by atoms with Crippen LogP contribution in [0.3, 0.4) is 0 Å². The van der Waals surface area contributed by atoms with Gasteiger partial charge in [-0.15, -0.1) is 0 Å². The highest BCUT2D eigenvalue weighted by atomic mass is 32.2. The molecule has 1 aromatic heterocycles. The molecule has 0 saturated heterocycles. The maximum Gasteiger partial charge on any atom is 0.349 e. The van der Waals surface area contributed by atoms with E-state index in [9.17, 15) is 14.9 Å². The highest BCUT2D eigenvalue weighted by Crippen LogP contribution is 2.47. The van der Waals surface area contributed by atoms with Gasteiger partial charge in [0, 0.05) is 34.8 Å². The summed E-state index contributed by atoms with van der Waals surface area (Å²) in [6, 6.07) is 19.0. The van der Waals surface area contributed by atoms with Crippen molar-refractivity contribution in [3.63, 3.8) is 0 Å². The lowest BCUT2D eigenvalue weighted by molar-refractivity contribution is -0.143. The molecule has 0 fully saturated rings. The number of aryl methyl sites for hydroxylation is 1. The first-order valence-corrected chi connectivity index (χ1v) is 11.9. The summed E-state index contributed by atoms with van der Waals surface area (Å²) in [4.78, 5) is 29.4. The third-order valence-electron chi connectivity index (χ3n) is 5.78. The lowest BCUT2D eigenvalue weighted by atomic mass is 10.1. The van der Waals surface area contributed by atoms with Crippen molar-refractivity contribution in [2.24, 2.45) is 0 Å². The summed E-state index contributed by atoms with van der Waals surface area (Å²) in [6.07, 6.45) is 1.50. The van der Waals surface area contributed by atoms with Gasteiger partial charge in [0.1, 0.15) is 11.6 Å². The first-order valence-electron chi connectivity index (χ1n) is 11.1. The van der Waals surface area contributed by atoms with E-state index < -0.39 is 18.5 Å². The zero-order valence-electron chi connectivity index (χ0n) is 19.8. The van der Waals surface area contributed by atoms with Crippen LogP contribution in [0.5, 0.6) is 0 Å². The number of anilines is 2. The summed E-state index contributed by atoms with van der Waals surface area (Å²) in [6.45, 7) is 4.60. The summed E-state index contributed by atoms with van der Waals surface area (Å²) < 4.78 is 12.5. The number of nitrogens with zero attached hydrogens (tertiary/aromatic N) is 3. The van der Waals surface area contributed by atoms with Gasteiger partial charge in [0.25, 0.3) is 5.91 Å². The summed E-state index contributed by atoms with van der Waals surface area (Å²) in [7, 11) is 1.64. The monoisotopic (exact) mass is 487 g/mol. The topological polar surface area (TPSA) is 84.6 Å². The molecule has 0 bridgehead atoms. The number of methoxy groups -OCH3 is 1. The predicted octanol–water partition coefficient (Wildman–Crippen LogP) is 5.03. The van der Waals surface area contributed by atoms with Crippen molar-refractivity contribution in [2.45, 2.75) is 30.2 Å². The van der Waals surface area contributed by atoms with E-state index in [1.807, 2.05) is 74.5 Å². The highest BCUT2D eigenvalue weighted by molar-refractivity contribution is 7.99. The van der Waals surface area contributed by atoms with Gasteiger partial charge < -0.3 is 14.0 Å². The Labute approximate surface area is 208 Å². The molecular weight excluding hydrogens is 462 g/mol. The van der Waals surface area contributed by atoms with Crippen LogP contribution in [-0.2, 0) is 25.6 Å². The maximum atomic E-state index is 13.2. The minimum atomic E-state index is -0.838. The summed E-state index contributed by atoms with van der Waals surface area (Å²) in [5, 5.41) is 9.60. The third-order valence-corrected chi connectivity index (χ3v) is 6.91. The Balaban J connectivity index is 1.52. The number of fused-ring (bicyclic) bond motifs is 2. The molecule has 3 aromatic rings. The Hall–Kier alpha value is -3.80. The Bertz CT molecular complexity index is 1310. The van der Waals surface area contributed by atoms with E-state index in [1.165, 1.54) is 6.08 Å². The molecule has 0 N–H and O–H groups in total. The van der Waals surface area contributed by atoms with E-state index in [0.29, 0.717) is 13.2 Å². The number of amides is 1. The van der Waals surface area contributed by atoms with Crippen molar-refractivity contribution in [3.05, 3.63) is 77.1 Å². The zero-order valence-corrected chi connectivity index (χ0v) is 20.6. The number of benzene rings is 2. The van der Waals surface area contributed by atoms with Gasteiger partial charge in [-0.2, -0.15) is 5.26 Å². The molecule has 0 radical (unpaired) electrons. The lowest BCUT2D eigenvalue weighted by Crippen LogP contribution is -2.32. The largest absolute Gasteiger partial charge is 0.451 e. The van der Waals surface area contributed by atoms with Crippen molar-refractivity contribution < 1.29 is 19.1 Å². The minimum Gasteiger partial charge on any atom is -0.451 e. The van der Waals surface area contributed by atoms with Crippen molar-refractivity contribution in [1.29, 1.82) is 5.26 Å². The van der Waals surface area contributed by atoms with Gasteiger partial charge >= 0.3 is 5.97 Å². The molecule has 4 rings (SSSR count). The quantitative estimate of drug-likeness (QED) is 0.264. The smallest absolute Gasteiger partial charge is 0.349 e. The molecule has 0 saturated carbocycles. The summed E-state index contributed by atoms with van der Waals surface area (Å²) in [5.74, 6) is -1.23. The molecule has 2 aromatic carbocycles. The van der Waals surface area contributed by atoms with Crippen LogP contribution < -0.4 is 4.90 Å². The third kappa shape index (κ3) is 5.02. The van der Waals surface area contributed by atoms with Gasteiger partial charge in [-0.1, -0.05) is 36.0 Å². The molecule has 8 heteroatoms. The molecule has 35 heavy (non-hydrogen) atoms. The Morgan fingerprint density at radius 2 is 1.69 bits per heavy atom. The van der Waals surface area contributed by atoms with Crippen molar-refractivity contribution >= 4 is 41.1 Å². The van der Waals surface area contributed by atoms with E-state index >= 15 is 0 Å². The predicted molar refractivity (Wildman–Crippen MR) is 134 cm³/mol. The number of rotatable bonds is 7. The highest BCUT2D eigenvalue weighted by Gasteiger charge is 2.28. The first-order chi connectivity index (χ1) is 16.9. The van der Waals surface area contributed by atoms with E-state index in [4.69, 9.17) is 9.47 Å². The van der Waals surface area contributed by atoms with Crippen LogP contribution in [0.1, 0.15) is 17.0 Å². The van der Waals surface area contributed by atoms with Gasteiger partial charge in [-0.3, -0.25) is 9.69 Å². The normalized spacial score (nSPS) is 12.5. The molecule has 0 spiro atoms. The summed E-state index contributed by atoms with van der Waals surface area (Å²) in [5.41, 5.74) is 3.95. The Morgan fingerprint density at radius 3 is 2.29 bits per heavy atom. The standard InChI is InChI=1S/C27H25N3O4S/c1-18-14-20(19(2)29(18)12-13-33-3)15-21(16-28)27(32)34-17-26(31)30-22-8-4-6-10-24(22)35-25-11-7-5-9-23(25)30/h4-11,14-15H,12-13,17H2,1-3H3/b21-15+. The molecule has 1 amide bonds. The molecule has 2 heterocycles. The second kappa shape index (κ2) is 10.6. The second-order valence-electron chi connectivity index (χ2n) is 7.98. The van der Waals surface area contributed by atoms with Gasteiger partial charge in [-0.25, -0.2) is 4.79 Å². The number of para-hydroxylation sites is 2. The maximum absolute atomic E-state index is 13.2. The fourth-order valence-corrected chi connectivity index (χ4v) is 5.09. The van der Waals surface area contributed by atoms with Gasteiger partial charge in [-0.05, 0) is 55.8 Å². The van der Waals surface area contributed by atoms with Crippen LogP contribution in [0.15, 0.2) is 70.0 Å². The number of nitriles is 1. The Kier molecular flexibility index (Phi) is 7.39. The molecule has 0 unspecified atom stereocenters. The average molecular weight is 488 g/mol. The first kappa shape index (κ1) is 24.3. The van der Waals surface area contributed by atoms with Crippen LogP contribution in [0.4, 0.5) is 11.4 Å². The van der Waals surface area contributed by atoms with Crippen LogP contribution in [0, 0.1) is 25.2 Å². The number of hydrogen-bond acceptors (Lipinski definition) is 6. The SMILES string of the molecule is COCCn1c(C)cc(/C=C(\C#N)C(=O)OCC(=O)N2c3ccccc3Sc3ccccc32)c1C. The fourth-order valence-electron chi connectivity index (χ4n) is 4.04. The van der Waals surface area contributed by atoms with E-state index in [1.54, 1.807) is 23.8 Å². The molecule has 0 aliphatic carbocycles. The number of carbonyl (C=O) groups is 2. The average Bonchev–Trinajstić information content (AvgIpc) is 3.14. The lowest BCUT2D eigenvalue weighted by Gasteiger charge is -2.30. The minimum absolute atomic E-state index is 0.167. The second-order valence-corrected chi connectivity index (χ2v) is 9.07. The Morgan fingerprint density at radius 1 is 1.06 bits per heavy atom. The van der Waals surface area contributed by atoms with Crippen molar-refractivity contribution in [2.75, 3.05) is 25.2 Å². The van der Waals surface area contributed by atoms with E-state index in [0.717, 1.165) is 38.1 Å². The molecule has 0 atom stereocenters. The molecule has 178 valence electrons. The number of esters is 1. The number of carbonyl (C=O) groups excluding carboxylic acids is 2. The number of aromatic nitrogens is 1.